The number of carbonyl (C=O) groups is 1. The first-order chi connectivity index (χ1) is 11.1. The Hall–Kier alpha value is -2.35. The fraction of sp³-hybridized carbons (Fsp3) is 0.375. The average Bonchev–Trinajstić information content (AvgIpc) is 2.99. The minimum absolute atomic E-state index is 0.0708. The Morgan fingerprint density at radius 2 is 1.83 bits per heavy atom. The van der Waals surface area contributed by atoms with E-state index in [1.165, 1.54) is 0 Å². The highest BCUT2D eigenvalue weighted by Gasteiger charge is 2.23. The molecule has 1 unspecified atom stereocenters. The van der Waals surface area contributed by atoms with Crippen LogP contribution in [0.1, 0.15) is 48.6 Å². The highest BCUT2D eigenvalue weighted by Crippen LogP contribution is 2.22. The van der Waals surface area contributed by atoms with Crippen LogP contribution in [0.3, 0.4) is 0 Å². The molecule has 1 atom stereocenters. The minimum atomic E-state index is -1.61. The molecule has 0 aliphatic heterocycles. The van der Waals surface area contributed by atoms with Crippen LogP contribution in [0, 0.1) is 17.5 Å². The molecule has 0 radical (unpaired) electrons. The Bertz CT molecular complexity index is 730. The molecule has 1 aromatic carbocycles. The molecule has 1 amide bonds. The van der Waals surface area contributed by atoms with Gasteiger partial charge in [0.25, 0.3) is 5.91 Å². The Morgan fingerprint density at radius 3 is 2.29 bits per heavy atom. The summed E-state index contributed by atoms with van der Waals surface area (Å²) < 4.78 is 39.6. The maximum Gasteiger partial charge on any atom is 0.272 e. The molecule has 3 N–H and O–H groups in total. The summed E-state index contributed by atoms with van der Waals surface area (Å²) in [7, 11) is 0. The molecule has 1 heterocycles. The monoisotopic (exact) mass is 341 g/mol. The van der Waals surface area contributed by atoms with Crippen molar-refractivity contribution < 1.29 is 23.1 Å². The van der Waals surface area contributed by atoms with Crippen LogP contribution in [0.25, 0.3) is 0 Å². The molecule has 130 valence electrons. The minimum Gasteiger partial charge on any atom is -0.394 e. The van der Waals surface area contributed by atoms with E-state index in [0.717, 1.165) is 17.8 Å². The predicted molar refractivity (Wildman–Crippen MR) is 80.9 cm³/mol. The number of nitrogens with one attached hydrogen (secondary N) is 2. The van der Waals surface area contributed by atoms with Crippen LogP contribution < -0.4 is 5.32 Å². The van der Waals surface area contributed by atoms with E-state index < -0.39 is 36.0 Å². The van der Waals surface area contributed by atoms with E-state index in [9.17, 15) is 23.1 Å². The van der Waals surface area contributed by atoms with Crippen molar-refractivity contribution in [3.05, 3.63) is 52.6 Å². The molecule has 0 aliphatic rings. The zero-order valence-corrected chi connectivity index (χ0v) is 13.5. The smallest absolute Gasteiger partial charge is 0.272 e. The summed E-state index contributed by atoms with van der Waals surface area (Å²) in [4.78, 5) is 12.2. The zero-order chi connectivity index (χ0) is 18.1. The highest BCUT2D eigenvalue weighted by molar-refractivity contribution is 5.92. The number of benzene rings is 1. The van der Waals surface area contributed by atoms with Crippen molar-refractivity contribution in [3.63, 3.8) is 0 Å². The largest absolute Gasteiger partial charge is 0.394 e. The van der Waals surface area contributed by atoms with Gasteiger partial charge in [-0.1, -0.05) is 20.8 Å². The van der Waals surface area contributed by atoms with Crippen molar-refractivity contribution in [1.29, 1.82) is 0 Å². The third-order valence-electron chi connectivity index (χ3n) is 3.51. The zero-order valence-electron chi connectivity index (χ0n) is 13.5. The summed E-state index contributed by atoms with van der Waals surface area (Å²) in [5.74, 6) is -5.03. The van der Waals surface area contributed by atoms with Crippen LogP contribution >= 0.6 is 0 Å². The second kappa shape index (κ2) is 6.64. The van der Waals surface area contributed by atoms with Gasteiger partial charge in [0.1, 0.15) is 5.69 Å². The van der Waals surface area contributed by atoms with Gasteiger partial charge in [0.05, 0.1) is 12.6 Å². The maximum atomic E-state index is 13.3. The molecule has 2 rings (SSSR count). The van der Waals surface area contributed by atoms with Crippen LogP contribution in [-0.2, 0) is 5.41 Å². The van der Waals surface area contributed by atoms with Gasteiger partial charge in [-0.25, -0.2) is 13.2 Å². The number of aliphatic hydroxyl groups is 1. The number of carbonyl (C=O) groups excluding carboxylic acids is 1. The van der Waals surface area contributed by atoms with Crippen LogP contribution in [0.4, 0.5) is 13.2 Å². The molecule has 0 saturated carbocycles. The highest BCUT2D eigenvalue weighted by atomic mass is 19.2. The molecule has 0 bridgehead atoms. The molecule has 5 nitrogen and oxygen atoms in total. The molecule has 2 aromatic rings. The van der Waals surface area contributed by atoms with Gasteiger partial charge < -0.3 is 10.4 Å². The summed E-state index contributed by atoms with van der Waals surface area (Å²) in [6.45, 7) is 5.18. The van der Waals surface area contributed by atoms with E-state index in [1.54, 1.807) is 6.07 Å². The van der Waals surface area contributed by atoms with E-state index in [0.29, 0.717) is 0 Å². The lowest BCUT2D eigenvalue weighted by Crippen LogP contribution is -2.31. The lowest BCUT2D eigenvalue weighted by atomic mass is 9.92. The lowest BCUT2D eigenvalue weighted by molar-refractivity contribution is 0.0910. The first kappa shape index (κ1) is 18.0. The SMILES string of the molecule is CC(C)(C)c1cc(C(=O)NC(CO)c2cc(F)c(F)c(F)c2)n[nH]1. The number of halogens is 3. The van der Waals surface area contributed by atoms with Gasteiger partial charge in [-0.2, -0.15) is 5.10 Å². The van der Waals surface area contributed by atoms with E-state index in [1.807, 2.05) is 20.8 Å². The van der Waals surface area contributed by atoms with Crippen LogP contribution in [0.15, 0.2) is 18.2 Å². The summed E-state index contributed by atoms with van der Waals surface area (Å²) in [5.41, 5.74) is 0.466. The average molecular weight is 341 g/mol. The van der Waals surface area contributed by atoms with Crippen molar-refractivity contribution >= 4 is 5.91 Å². The quantitative estimate of drug-likeness (QED) is 0.748. The second-order valence-corrected chi connectivity index (χ2v) is 6.42. The van der Waals surface area contributed by atoms with Crippen molar-refractivity contribution in [2.24, 2.45) is 0 Å². The number of aliphatic hydroxyl groups excluding tert-OH is 1. The van der Waals surface area contributed by atoms with Crippen LogP contribution in [0.2, 0.25) is 0 Å². The summed E-state index contributed by atoms with van der Waals surface area (Å²) in [5, 5.41) is 18.4. The van der Waals surface area contributed by atoms with Crippen molar-refractivity contribution in [2.75, 3.05) is 6.61 Å². The maximum absolute atomic E-state index is 13.3. The molecule has 0 spiro atoms. The standard InChI is InChI=1S/C16H18F3N3O2/c1-16(2,3)13-6-11(21-22-13)15(24)20-12(7-23)8-4-9(17)14(19)10(18)5-8/h4-6,12,23H,7H2,1-3H3,(H,20,24)(H,21,22). The third-order valence-corrected chi connectivity index (χ3v) is 3.51. The summed E-state index contributed by atoms with van der Waals surface area (Å²) in [6, 6.07) is 1.90. The van der Waals surface area contributed by atoms with E-state index in [-0.39, 0.29) is 16.7 Å². The Labute approximate surface area is 136 Å². The number of aromatic nitrogens is 2. The van der Waals surface area contributed by atoms with Crippen LogP contribution in [0.5, 0.6) is 0 Å². The Morgan fingerprint density at radius 1 is 1.25 bits per heavy atom. The molecular weight excluding hydrogens is 323 g/mol. The van der Waals surface area contributed by atoms with Gasteiger partial charge in [-0.05, 0) is 23.8 Å². The van der Waals surface area contributed by atoms with Gasteiger partial charge in [-0.15, -0.1) is 0 Å². The normalized spacial score (nSPS) is 13.0. The third kappa shape index (κ3) is 3.76. The topological polar surface area (TPSA) is 78.0 Å². The van der Waals surface area contributed by atoms with Crippen LogP contribution in [-0.4, -0.2) is 27.8 Å². The number of aromatic amines is 1. The molecule has 0 fully saturated rings. The first-order valence-electron chi connectivity index (χ1n) is 7.25. The fourth-order valence-electron chi connectivity index (χ4n) is 2.07. The number of rotatable bonds is 4. The van der Waals surface area contributed by atoms with Gasteiger partial charge >= 0.3 is 0 Å². The predicted octanol–water partition coefficient (Wildman–Crippen LogP) is 2.59. The van der Waals surface area contributed by atoms with Gasteiger partial charge in [0, 0.05) is 11.1 Å². The van der Waals surface area contributed by atoms with E-state index in [2.05, 4.69) is 15.5 Å². The van der Waals surface area contributed by atoms with Gasteiger partial charge in [0.15, 0.2) is 17.5 Å². The molecule has 1 aromatic heterocycles. The van der Waals surface area contributed by atoms with Gasteiger partial charge in [0.2, 0.25) is 0 Å². The molecule has 0 aliphatic carbocycles. The number of H-pyrrole nitrogens is 1. The summed E-state index contributed by atoms with van der Waals surface area (Å²) in [6.07, 6.45) is 0. The van der Waals surface area contributed by atoms with Crippen molar-refractivity contribution in [1.82, 2.24) is 15.5 Å². The molecule has 8 heteroatoms. The first-order valence-corrected chi connectivity index (χ1v) is 7.25. The van der Waals surface area contributed by atoms with E-state index in [4.69, 9.17) is 0 Å². The number of hydrogen-bond donors (Lipinski definition) is 3. The van der Waals surface area contributed by atoms with Crippen molar-refractivity contribution in [3.8, 4) is 0 Å². The fourth-order valence-corrected chi connectivity index (χ4v) is 2.07. The van der Waals surface area contributed by atoms with Crippen molar-refractivity contribution in [2.45, 2.75) is 32.2 Å². The lowest BCUT2D eigenvalue weighted by Gasteiger charge is -2.16. The second-order valence-electron chi connectivity index (χ2n) is 6.42. The number of amides is 1. The summed E-state index contributed by atoms with van der Waals surface area (Å²) >= 11 is 0. The Balaban J connectivity index is 2.21. The number of hydrogen-bond acceptors (Lipinski definition) is 3. The van der Waals surface area contributed by atoms with Gasteiger partial charge in [-0.3, -0.25) is 9.89 Å². The van der Waals surface area contributed by atoms with E-state index >= 15 is 0 Å². The Kier molecular flexibility index (Phi) is 4.98. The molecule has 24 heavy (non-hydrogen) atoms. The molecular formula is C16H18F3N3O2. The number of nitrogens with zero attached hydrogens (tertiary/aromatic N) is 1. The molecule has 0 saturated heterocycles.